The van der Waals surface area contributed by atoms with Gasteiger partial charge in [-0.25, -0.2) is 4.98 Å². The number of carbonyl (C=O) groups is 1. The van der Waals surface area contributed by atoms with E-state index in [1.165, 1.54) is 0 Å². The summed E-state index contributed by atoms with van der Waals surface area (Å²) in [5.74, 6) is 0. The topological polar surface area (TPSA) is 58.6 Å². The number of pyridine rings is 1. The summed E-state index contributed by atoms with van der Waals surface area (Å²) in [7, 11) is 0. The van der Waals surface area contributed by atoms with Gasteiger partial charge in [-0.3, -0.25) is 9.89 Å². The molecular weight excluding hydrogens is 198 g/mol. The normalized spacial score (nSPS) is 9.36. The fourth-order valence-corrected chi connectivity index (χ4v) is 1.08. The molecule has 2 aromatic heterocycles. The molecule has 0 amide bonds. The fraction of sp³-hybridized carbons (Fsp3) is 0.222. The maximum Gasteiger partial charge on any atom is 0.234 e. The number of aromatic nitrogens is 3. The number of aromatic amines is 1. The predicted molar refractivity (Wildman–Crippen MR) is 58.6 cm³/mol. The molecule has 0 aliphatic heterocycles. The van der Waals surface area contributed by atoms with Crippen molar-refractivity contribution in [1.29, 1.82) is 0 Å². The van der Waals surface area contributed by atoms with Crippen molar-refractivity contribution in [2.45, 2.75) is 13.8 Å². The van der Waals surface area contributed by atoms with Gasteiger partial charge < -0.3 is 0 Å². The second kappa shape index (κ2) is 4.76. The maximum absolute atomic E-state index is 10.8. The van der Waals surface area contributed by atoms with Crippen molar-refractivity contribution in [2.24, 2.45) is 0 Å². The Morgan fingerprint density at radius 3 is 2.79 bits per heavy atom. The van der Waals surface area contributed by atoms with Crippen molar-refractivity contribution in [1.82, 2.24) is 15.2 Å². The highest BCUT2D eigenvalue weighted by Crippen LogP contribution is 2.10. The Bertz CT molecular complexity index is 438. The summed E-state index contributed by atoms with van der Waals surface area (Å²) in [5, 5.41) is 7.07. The quantitative estimate of drug-likeness (QED) is 0.707. The number of H-pyrrole nitrogens is 1. The zero-order valence-electron chi connectivity index (χ0n) is 7.98. The summed E-state index contributed by atoms with van der Waals surface area (Å²) >= 11 is 3.66. The summed E-state index contributed by atoms with van der Waals surface area (Å²) in [6.45, 7) is 4.00. The number of nitrogens with zero attached hydrogens (tertiary/aromatic N) is 2. The average Bonchev–Trinajstić information content (AvgIpc) is 2.67. The van der Waals surface area contributed by atoms with E-state index in [4.69, 9.17) is 0 Å². The molecule has 0 spiro atoms. The van der Waals surface area contributed by atoms with Gasteiger partial charge in [0.1, 0.15) is 5.69 Å². The second-order valence-corrected chi connectivity index (χ2v) is 2.74. The molecule has 0 fully saturated rings. The molecule has 74 valence electrons. The summed E-state index contributed by atoms with van der Waals surface area (Å²) in [4.78, 5) is 14.7. The highest BCUT2D eigenvalue weighted by molar-refractivity contribution is 7.97. The van der Waals surface area contributed by atoms with Gasteiger partial charge in [-0.15, -0.1) is 0 Å². The molecule has 0 bridgehead atoms. The number of hydrogen-bond donors (Lipinski definition) is 2. The highest BCUT2D eigenvalue weighted by Gasteiger charge is 2.03. The lowest BCUT2D eigenvalue weighted by molar-refractivity contribution is 0.108. The molecule has 14 heavy (non-hydrogen) atoms. The van der Waals surface area contributed by atoms with Crippen LogP contribution in [-0.4, -0.2) is 20.3 Å². The van der Waals surface area contributed by atoms with E-state index >= 15 is 0 Å². The Kier molecular flexibility index (Phi) is 3.64. The number of rotatable bonds is 1. The first-order valence-electron chi connectivity index (χ1n) is 4.30. The van der Waals surface area contributed by atoms with Gasteiger partial charge in [0.25, 0.3) is 0 Å². The smallest absolute Gasteiger partial charge is 0.234 e. The zero-order chi connectivity index (χ0) is 10.6. The van der Waals surface area contributed by atoms with Gasteiger partial charge in [0.05, 0.1) is 17.9 Å². The van der Waals surface area contributed by atoms with Crippen LogP contribution in [0.2, 0.25) is 0 Å². The van der Waals surface area contributed by atoms with Crippen LogP contribution in [-0.2, 0) is 0 Å². The molecular formula is C9H11N3OS. The first kappa shape index (κ1) is 10.7. The van der Waals surface area contributed by atoms with Crippen LogP contribution in [0.4, 0.5) is 0 Å². The zero-order valence-corrected chi connectivity index (χ0v) is 8.88. The molecule has 0 aromatic carbocycles. The Labute approximate surface area is 87.1 Å². The molecule has 2 rings (SSSR count). The molecule has 0 saturated carbocycles. The van der Waals surface area contributed by atoms with E-state index in [0.29, 0.717) is 5.69 Å². The van der Waals surface area contributed by atoms with E-state index in [9.17, 15) is 4.79 Å². The third-order valence-electron chi connectivity index (χ3n) is 1.54. The van der Waals surface area contributed by atoms with Crippen LogP contribution in [0.3, 0.4) is 0 Å². The lowest BCUT2D eigenvalue weighted by atomic mass is 10.3. The second-order valence-electron chi connectivity index (χ2n) is 2.33. The minimum absolute atomic E-state index is 0.335. The monoisotopic (exact) mass is 209 g/mol. The van der Waals surface area contributed by atoms with Gasteiger partial charge in [-0.2, -0.15) is 5.10 Å². The lowest BCUT2D eigenvalue weighted by Gasteiger charge is -1.91. The Morgan fingerprint density at radius 1 is 1.43 bits per heavy atom. The Hall–Kier alpha value is -1.36. The van der Waals surface area contributed by atoms with E-state index in [0.717, 1.165) is 10.9 Å². The van der Waals surface area contributed by atoms with Crippen molar-refractivity contribution >= 4 is 28.6 Å². The summed E-state index contributed by atoms with van der Waals surface area (Å²) in [6, 6.07) is 1.65. The molecule has 0 unspecified atom stereocenters. The molecule has 0 aliphatic rings. The molecule has 0 aliphatic carbocycles. The largest absolute Gasteiger partial charge is 0.280 e. The molecule has 4 nitrogen and oxygen atoms in total. The minimum atomic E-state index is -0.335. The minimum Gasteiger partial charge on any atom is -0.280 e. The third-order valence-corrected chi connectivity index (χ3v) is 1.77. The van der Waals surface area contributed by atoms with Crippen molar-refractivity contribution in [3.8, 4) is 0 Å². The number of fused-ring (bicyclic) bond motifs is 1. The molecule has 5 heteroatoms. The van der Waals surface area contributed by atoms with Crippen LogP contribution in [0, 0.1) is 0 Å². The first-order chi connectivity index (χ1) is 6.77. The summed E-state index contributed by atoms with van der Waals surface area (Å²) in [6.07, 6.45) is 3.20. The van der Waals surface area contributed by atoms with Gasteiger partial charge in [0.2, 0.25) is 5.12 Å². The van der Waals surface area contributed by atoms with Gasteiger partial charge in [0.15, 0.2) is 0 Å². The van der Waals surface area contributed by atoms with Crippen molar-refractivity contribution in [2.75, 3.05) is 0 Å². The van der Waals surface area contributed by atoms with E-state index in [1.807, 2.05) is 13.8 Å². The standard InChI is InChI=1S/C7H5N3OS.C2H6/c11-7(12)5-1-4-2-9-10-6(4)3-8-5;1-2/h1-3H,(H,9,10)(H,11,12);1-2H3. The summed E-state index contributed by atoms with van der Waals surface area (Å²) < 4.78 is 0. The van der Waals surface area contributed by atoms with E-state index in [-0.39, 0.29) is 5.12 Å². The van der Waals surface area contributed by atoms with Gasteiger partial charge in [-0.05, 0) is 6.07 Å². The van der Waals surface area contributed by atoms with Crippen molar-refractivity contribution in [3.05, 3.63) is 24.2 Å². The maximum atomic E-state index is 10.8. The van der Waals surface area contributed by atoms with Gasteiger partial charge in [0, 0.05) is 5.39 Å². The Morgan fingerprint density at radius 2 is 2.14 bits per heavy atom. The highest BCUT2D eigenvalue weighted by atomic mass is 32.1. The third kappa shape index (κ3) is 2.11. The van der Waals surface area contributed by atoms with Crippen LogP contribution in [0.1, 0.15) is 24.3 Å². The van der Waals surface area contributed by atoms with Gasteiger partial charge in [-0.1, -0.05) is 26.5 Å². The first-order valence-corrected chi connectivity index (χ1v) is 4.74. The van der Waals surface area contributed by atoms with Crippen LogP contribution < -0.4 is 0 Å². The molecule has 0 radical (unpaired) electrons. The number of carbonyl (C=O) groups excluding carboxylic acids is 1. The fourth-order valence-electron chi connectivity index (χ4n) is 0.959. The number of thiol groups is 1. The van der Waals surface area contributed by atoms with Gasteiger partial charge >= 0.3 is 0 Å². The molecule has 0 saturated heterocycles. The molecule has 2 aromatic rings. The SMILES string of the molecule is CC.O=C(S)c1cc2cn[nH]c2cn1. The average molecular weight is 209 g/mol. The van der Waals surface area contributed by atoms with E-state index in [2.05, 4.69) is 27.8 Å². The van der Waals surface area contributed by atoms with Crippen LogP contribution in [0.5, 0.6) is 0 Å². The number of hydrogen-bond acceptors (Lipinski definition) is 3. The Balaban J connectivity index is 0.000000461. The van der Waals surface area contributed by atoms with E-state index < -0.39 is 0 Å². The van der Waals surface area contributed by atoms with E-state index in [1.54, 1.807) is 18.5 Å². The molecule has 2 heterocycles. The van der Waals surface area contributed by atoms with Crippen molar-refractivity contribution in [3.63, 3.8) is 0 Å². The molecule has 1 N–H and O–H groups in total. The van der Waals surface area contributed by atoms with Crippen molar-refractivity contribution < 1.29 is 4.79 Å². The van der Waals surface area contributed by atoms with Crippen LogP contribution in [0.15, 0.2) is 18.5 Å². The predicted octanol–water partition coefficient (Wildman–Crippen LogP) is 2.05. The lowest BCUT2D eigenvalue weighted by Crippen LogP contribution is -1.92. The number of nitrogens with one attached hydrogen (secondary N) is 1. The summed E-state index contributed by atoms with van der Waals surface area (Å²) in [5.41, 5.74) is 1.15. The van der Waals surface area contributed by atoms with Crippen LogP contribution in [0.25, 0.3) is 10.9 Å². The van der Waals surface area contributed by atoms with Crippen LogP contribution >= 0.6 is 12.6 Å². The molecule has 0 atom stereocenters.